The number of aryl methyl sites for hydroxylation is 6. The van der Waals surface area contributed by atoms with E-state index in [1.165, 1.54) is 16.7 Å². The Morgan fingerprint density at radius 2 is 1.14 bits per heavy atom. The molecule has 10 rings (SSSR count). The molecule has 0 atom stereocenters. The van der Waals surface area contributed by atoms with Crippen LogP contribution in [0.25, 0.3) is 68.1 Å². The topological polar surface area (TPSA) is 142 Å². The van der Waals surface area contributed by atoms with Crippen LogP contribution in [0.5, 0.6) is 0 Å². The standard InChI is InChI=1S/C20H16N6.C19H16N6/c1-26-18(9-17(25-26)14-3-2-8-21-10-14)16-7-6-13-4-5-15-11-22-12-23-19(15)20(13)24-16;1-25-17(9-16(24-25)13-3-2-8-20-10-13)15-7-6-12-4-5-14-11-21-23-19(14)18(12)22-15/h2-3,6-12H,4-5H2,1H3;2-3,6-11H,4-5H2,1H3,(H,21,23). The van der Waals surface area contributed by atoms with Crippen molar-refractivity contribution in [2.75, 3.05) is 0 Å². The summed E-state index contributed by atoms with van der Waals surface area (Å²) in [5.41, 5.74) is 16.3. The number of fused-ring (bicyclic) bond motifs is 6. The molecule has 0 bridgehead atoms. The molecular weight excluding hydrogens is 637 g/mol. The fourth-order valence-electron chi connectivity index (χ4n) is 6.81. The lowest BCUT2D eigenvalue weighted by molar-refractivity contribution is 0.776. The van der Waals surface area contributed by atoms with E-state index in [9.17, 15) is 0 Å². The minimum Gasteiger partial charge on any atom is -0.276 e. The molecule has 1 N–H and O–H groups in total. The lowest BCUT2D eigenvalue weighted by Crippen LogP contribution is -2.08. The fourth-order valence-corrected chi connectivity index (χ4v) is 6.81. The van der Waals surface area contributed by atoms with E-state index in [-0.39, 0.29) is 0 Å². The van der Waals surface area contributed by atoms with Crippen molar-refractivity contribution in [2.24, 2.45) is 14.1 Å². The summed E-state index contributed by atoms with van der Waals surface area (Å²) in [4.78, 5) is 26.8. The predicted molar refractivity (Wildman–Crippen MR) is 193 cm³/mol. The second kappa shape index (κ2) is 12.6. The van der Waals surface area contributed by atoms with Crippen LogP contribution < -0.4 is 0 Å². The van der Waals surface area contributed by atoms with E-state index in [1.807, 2.05) is 72.5 Å². The molecule has 0 radical (unpaired) electrons. The molecule has 12 nitrogen and oxygen atoms in total. The van der Waals surface area contributed by atoms with Crippen molar-refractivity contribution in [3.63, 3.8) is 0 Å². The molecule has 8 heterocycles. The molecule has 0 aliphatic heterocycles. The average Bonchev–Trinajstić information content (AvgIpc) is 3.94. The molecule has 0 unspecified atom stereocenters. The zero-order valence-corrected chi connectivity index (χ0v) is 28.1. The second-order valence-electron chi connectivity index (χ2n) is 12.6. The van der Waals surface area contributed by atoms with Gasteiger partial charge in [0, 0.05) is 56.2 Å². The van der Waals surface area contributed by atoms with Gasteiger partial charge in [0.15, 0.2) is 0 Å². The van der Waals surface area contributed by atoms with Crippen LogP contribution in [0.15, 0.2) is 104 Å². The highest BCUT2D eigenvalue weighted by atomic mass is 15.3. The fraction of sp³-hybridized carbons (Fsp3) is 0.154. The van der Waals surface area contributed by atoms with Crippen molar-refractivity contribution >= 4 is 0 Å². The second-order valence-corrected chi connectivity index (χ2v) is 12.6. The zero-order chi connectivity index (χ0) is 34.3. The first-order valence-corrected chi connectivity index (χ1v) is 16.8. The number of pyridine rings is 4. The van der Waals surface area contributed by atoms with Crippen LogP contribution in [-0.2, 0) is 39.8 Å². The zero-order valence-electron chi connectivity index (χ0n) is 28.1. The van der Waals surface area contributed by atoms with Gasteiger partial charge in [0.2, 0.25) is 0 Å². The van der Waals surface area contributed by atoms with E-state index in [1.54, 1.807) is 18.7 Å². The van der Waals surface area contributed by atoms with E-state index >= 15 is 0 Å². The Morgan fingerprint density at radius 3 is 1.76 bits per heavy atom. The minimum absolute atomic E-state index is 0.887. The van der Waals surface area contributed by atoms with Gasteiger partial charge in [0.1, 0.15) is 6.33 Å². The van der Waals surface area contributed by atoms with Crippen molar-refractivity contribution in [1.82, 2.24) is 59.7 Å². The number of rotatable bonds is 4. The first kappa shape index (κ1) is 30.4. The van der Waals surface area contributed by atoms with Crippen LogP contribution in [-0.4, -0.2) is 59.7 Å². The Hall–Kier alpha value is -6.69. The van der Waals surface area contributed by atoms with Gasteiger partial charge >= 0.3 is 0 Å². The Bertz CT molecular complexity index is 2510. The molecule has 0 amide bonds. The maximum atomic E-state index is 4.93. The lowest BCUT2D eigenvalue weighted by atomic mass is 9.93. The minimum atomic E-state index is 0.887. The predicted octanol–water partition coefficient (Wildman–Crippen LogP) is 6.13. The number of hydrogen-bond donors (Lipinski definition) is 1. The molecular formula is C39H32N12. The quantitative estimate of drug-likeness (QED) is 0.234. The summed E-state index contributed by atoms with van der Waals surface area (Å²) >= 11 is 0. The molecule has 12 heteroatoms. The summed E-state index contributed by atoms with van der Waals surface area (Å²) in [6.07, 6.45) is 16.5. The van der Waals surface area contributed by atoms with Gasteiger partial charge in [-0.05, 0) is 96.5 Å². The van der Waals surface area contributed by atoms with E-state index in [4.69, 9.17) is 9.97 Å². The number of aromatic nitrogens is 12. The molecule has 2 aliphatic rings. The smallest absolute Gasteiger partial charge is 0.116 e. The third-order valence-electron chi connectivity index (χ3n) is 9.45. The molecule has 8 aromatic rings. The van der Waals surface area contributed by atoms with Crippen molar-refractivity contribution in [2.45, 2.75) is 25.7 Å². The normalized spacial score (nSPS) is 12.6. The van der Waals surface area contributed by atoms with Crippen LogP contribution in [0, 0.1) is 0 Å². The van der Waals surface area contributed by atoms with Crippen LogP contribution in [0.3, 0.4) is 0 Å². The molecule has 51 heavy (non-hydrogen) atoms. The van der Waals surface area contributed by atoms with Crippen molar-refractivity contribution in [1.29, 1.82) is 0 Å². The number of nitrogens with zero attached hydrogens (tertiary/aromatic N) is 11. The van der Waals surface area contributed by atoms with Gasteiger partial charge in [0.05, 0.1) is 63.1 Å². The summed E-state index contributed by atoms with van der Waals surface area (Å²) in [5, 5.41) is 16.5. The van der Waals surface area contributed by atoms with Gasteiger partial charge in [-0.2, -0.15) is 15.3 Å². The highest BCUT2D eigenvalue weighted by Gasteiger charge is 2.22. The molecule has 0 spiro atoms. The Balaban J connectivity index is 0.000000137. The Kier molecular flexibility index (Phi) is 7.53. The summed E-state index contributed by atoms with van der Waals surface area (Å²) in [7, 11) is 3.88. The molecule has 8 aromatic heterocycles. The van der Waals surface area contributed by atoms with Crippen molar-refractivity contribution in [3.8, 4) is 68.1 Å². The van der Waals surface area contributed by atoms with Crippen molar-refractivity contribution in [3.05, 3.63) is 126 Å². The van der Waals surface area contributed by atoms with Gasteiger partial charge in [-0.15, -0.1) is 0 Å². The third-order valence-corrected chi connectivity index (χ3v) is 9.45. The van der Waals surface area contributed by atoms with E-state index < -0.39 is 0 Å². The summed E-state index contributed by atoms with van der Waals surface area (Å²) in [6.45, 7) is 0. The van der Waals surface area contributed by atoms with Gasteiger partial charge in [-0.3, -0.25) is 24.4 Å². The highest BCUT2D eigenvalue weighted by Crippen LogP contribution is 2.34. The average molecular weight is 669 g/mol. The molecule has 248 valence electrons. The summed E-state index contributed by atoms with van der Waals surface area (Å²) in [5.74, 6) is 0. The Labute approximate surface area is 293 Å². The lowest BCUT2D eigenvalue weighted by Gasteiger charge is -2.17. The van der Waals surface area contributed by atoms with Gasteiger partial charge in [0.25, 0.3) is 0 Å². The van der Waals surface area contributed by atoms with Crippen LogP contribution >= 0.6 is 0 Å². The van der Waals surface area contributed by atoms with E-state index in [0.717, 1.165) is 99.3 Å². The molecule has 0 saturated carbocycles. The number of aromatic amines is 1. The maximum absolute atomic E-state index is 4.93. The largest absolute Gasteiger partial charge is 0.276 e. The van der Waals surface area contributed by atoms with E-state index in [2.05, 4.69) is 76.7 Å². The summed E-state index contributed by atoms with van der Waals surface area (Å²) in [6, 6.07) is 20.4. The SMILES string of the molecule is Cn1nc(-c2cccnc2)cc1-c1ccc2c(n1)-c1[nH]ncc1CC2.Cn1nc(-c2cccnc2)cc1-c1ccc2c(n1)-c1ncncc1CC2. The molecule has 0 saturated heterocycles. The van der Waals surface area contributed by atoms with Crippen LogP contribution in [0.1, 0.15) is 22.3 Å². The summed E-state index contributed by atoms with van der Waals surface area (Å²) < 4.78 is 3.73. The van der Waals surface area contributed by atoms with Gasteiger partial charge in [-0.25, -0.2) is 19.9 Å². The van der Waals surface area contributed by atoms with Crippen molar-refractivity contribution < 1.29 is 0 Å². The van der Waals surface area contributed by atoms with Crippen LogP contribution in [0.4, 0.5) is 0 Å². The maximum Gasteiger partial charge on any atom is 0.116 e. The Morgan fingerprint density at radius 1 is 0.549 bits per heavy atom. The third kappa shape index (κ3) is 5.66. The number of nitrogens with one attached hydrogen (secondary N) is 1. The van der Waals surface area contributed by atoms with E-state index in [0.29, 0.717) is 0 Å². The first-order chi connectivity index (χ1) is 25.1. The molecule has 0 aromatic carbocycles. The molecule has 2 aliphatic carbocycles. The van der Waals surface area contributed by atoms with Gasteiger partial charge in [-0.1, -0.05) is 12.1 Å². The van der Waals surface area contributed by atoms with Gasteiger partial charge < -0.3 is 0 Å². The first-order valence-electron chi connectivity index (χ1n) is 16.8. The number of H-pyrrole nitrogens is 1. The highest BCUT2D eigenvalue weighted by molar-refractivity contribution is 5.73. The number of hydrogen-bond acceptors (Lipinski definition) is 9. The van der Waals surface area contributed by atoms with Crippen LogP contribution in [0.2, 0.25) is 0 Å². The monoisotopic (exact) mass is 668 g/mol. The molecule has 0 fully saturated rings.